The number of hydrogen-bond donors (Lipinski definition) is 0. The lowest BCUT2D eigenvalue weighted by Gasteiger charge is -2.25. The van der Waals surface area contributed by atoms with Crippen molar-refractivity contribution in [2.75, 3.05) is 4.90 Å². The van der Waals surface area contributed by atoms with Crippen molar-refractivity contribution in [1.29, 1.82) is 0 Å². The van der Waals surface area contributed by atoms with Gasteiger partial charge >= 0.3 is 0 Å². The molecule has 0 amide bonds. The van der Waals surface area contributed by atoms with Gasteiger partial charge in [-0.15, -0.1) is 0 Å². The smallest absolute Gasteiger partial charge is 0.0596 e. The zero-order valence-electron chi connectivity index (χ0n) is 29.8. The van der Waals surface area contributed by atoms with Crippen molar-refractivity contribution in [3.8, 4) is 16.8 Å². The first-order valence-electron chi connectivity index (χ1n) is 18.5. The van der Waals surface area contributed by atoms with Crippen LogP contribution in [0.1, 0.15) is 11.1 Å². The molecule has 256 valence electrons. The van der Waals surface area contributed by atoms with Crippen LogP contribution in [-0.4, -0.2) is 9.13 Å². The second-order valence-electron chi connectivity index (χ2n) is 13.9. The Hall–Kier alpha value is -7.10. The molecule has 0 aliphatic rings. The highest BCUT2D eigenvalue weighted by molar-refractivity contribution is 6.25. The summed E-state index contributed by atoms with van der Waals surface area (Å²) in [4.78, 5) is 2.30. The summed E-state index contributed by atoms with van der Waals surface area (Å²) >= 11 is 0. The maximum Gasteiger partial charge on any atom is 0.0596 e. The van der Waals surface area contributed by atoms with Gasteiger partial charge in [-0.3, -0.25) is 0 Å². The molecule has 0 spiro atoms. The van der Waals surface area contributed by atoms with Crippen LogP contribution in [0.5, 0.6) is 0 Å². The lowest BCUT2D eigenvalue weighted by Crippen LogP contribution is -2.09. The third kappa shape index (κ3) is 5.29. The van der Waals surface area contributed by atoms with Gasteiger partial charge in [-0.25, -0.2) is 0 Å². The molecule has 0 saturated carbocycles. The fourth-order valence-corrected chi connectivity index (χ4v) is 8.19. The Morgan fingerprint density at radius 2 is 1.06 bits per heavy atom. The van der Waals surface area contributed by atoms with Crippen LogP contribution >= 0.6 is 0 Å². The molecule has 54 heavy (non-hydrogen) atoms. The Labute approximate surface area is 314 Å². The second-order valence-corrected chi connectivity index (χ2v) is 13.9. The number of rotatable bonds is 8. The van der Waals surface area contributed by atoms with Crippen molar-refractivity contribution in [2.45, 2.75) is 6.54 Å². The lowest BCUT2D eigenvalue weighted by molar-refractivity contribution is 0.872. The predicted octanol–water partition coefficient (Wildman–Crippen LogP) is 13.7. The number of nitrogens with zero attached hydrogens (tertiary/aromatic N) is 3. The van der Waals surface area contributed by atoms with Crippen molar-refractivity contribution < 1.29 is 0 Å². The van der Waals surface area contributed by atoms with Gasteiger partial charge in [-0.05, 0) is 95.1 Å². The molecule has 10 rings (SSSR count). The normalized spacial score (nSPS) is 11.5. The summed E-state index contributed by atoms with van der Waals surface area (Å²) < 4.78 is 4.94. The standard InChI is InChI=1S/C51H37N3/c1-2-36-22-24-37(25-23-36)35-52-47-32-28-39(38-26-29-43(30-27-38)53(40-14-6-3-7-15-40)41-16-8-4-9-17-41)34-46(47)44-31-33-49-50(51(44)52)45-20-12-13-21-48(45)54(49)42-18-10-5-11-19-42/h2-34H,1,35H2. The summed E-state index contributed by atoms with van der Waals surface area (Å²) in [5, 5.41) is 5.04. The number of aromatic nitrogens is 2. The molecule has 2 heterocycles. The summed E-state index contributed by atoms with van der Waals surface area (Å²) in [6.07, 6.45) is 1.90. The van der Waals surface area contributed by atoms with Gasteiger partial charge in [0.1, 0.15) is 0 Å². The fraction of sp³-hybridized carbons (Fsp3) is 0.0196. The van der Waals surface area contributed by atoms with E-state index >= 15 is 0 Å². The van der Waals surface area contributed by atoms with Crippen LogP contribution < -0.4 is 4.90 Å². The van der Waals surface area contributed by atoms with E-state index < -0.39 is 0 Å². The van der Waals surface area contributed by atoms with Gasteiger partial charge in [0.05, 0.1) is 16.6 Å². The SMILES string of the molecule is C=Cc1ccc(Cn2c3ccc(-c4ccc(N(c5ccccc5)c5ccccc5)cc4)cc3c3ccc4c(c5ccccc5n4-c4ccccc4)c32)cc1. The summed E-state index contributed by atoms with van der Waals surface area (Å²) in [5.74, 6) is 0. The molecule has 10 aromatic rings. The van der Waals surface area contributed by atoms with Crippen LogP contribution in [-0.2, 0) is 6.54 Å². The van der Waals surface area contributed by atoms with Gasteiger partial charge in [-0.2, -0.15) is 0 Å². The average molecular weight is 692 g/mol. The van der Waals surface area contributed by atoms with E-state index in [9.17, 15) is 0 Å². The third-order valence-electron chi connectivity index (χ3n) is 10.7. The number of para-hydroxylation sites is 4. The number of anilines is 3. The first kappa shape index (κ1) is 31.6. The van der Waals surface area contributed by atoms with Crippen LogP contribution in [0.25, 0.3) is 66.5 Å². The van der Waals surface area contributed by atoms with Crippen LogP contribution in [0.3, 0.4) is 0 Å². The van der Waals surface area contributed by atoms with Gasteiger partial charge < -0.3 is 14.0 Å². The molecule has 8 aromatic carbocycles. The molecule has 3 nitrogen and oxygen atoms in total. The van der Waals surface area contributed by atoms with Gasteiger partial charge in [0.25, 0.3) is 0 Å². The minimum Gasteiger partial charge on any atom is -0.335 e. The van der Waals surface area contributed by atoms with Crippen molar-refractivity contribution in [2.24, 2.45) is 0 Å². The molecular weight excluding hydrogens is 655 g/mol. The van der Waals surface area contributed by atoms with E-state index in [0.29, 0.717) is 0 Å². The Morgan fingerprint density at radius 3 is 1.74 bits per heavy atom. The van der Waals surface area contributed by atoms with Gasteiger partial charge in [0.15, 0.2) is 0 Å². The molecule has 0 bridgehead atoms. The Balaban J connectivity index is 1.16. The Kier molecular flexibility index (Phi) is 7.70. The molecule has 0 aliphatic heterocycles. The average Bonchev–Trinajstić information content (AvgIpc) is 3.74. The summed E-state index contributed by atoms with van der Waals surface area (Å²) in [6.45, 7) is 4.73. The number of benzene rings is 8. The monoisotopic (exact) mass is 691 g/mol. The molecule has 2 aromatic heterocycles. The van der Waals surface area contributed by atoms with Gasteiger partial charge in [-0.1, -0.05) is 134 Å². The second kappa shape index (κ2) is 13.1. The zero-order valence-corrected chi connectivity index (χ0v) is 29.8. The van der Waals surface area contributed by atoms with E-state index in [1.54, 1.807) is 0 Å². The van der Waals surface area contributed by atoms with E-state index in [4.69, 9.17) is 0 Å². The molecule has 0 atom stereocenters. The minimum atomic E-state index is 0.754. The lowest BCUT2D eigenvalue weighted by atomic mass is 10.0. The quantitative estimate of drug-likeness (QED) is 0.155. The largest absolute Gasteiger partial charge is 0.335 e. The fourth-order valence-electron chi connectivity index (χ4n) is 8.19. The molecule has 0 unspecified atom stereocenters. The highest BCUT2D eigenvalue weighted by atomic mass is 15.1. The van der Waals surface area contributed by atoms with E-state index in [2.05, 4.69) is 215 Å². The van der Waals surface area contributed by atoms with E-state index in [1.807, 2.05) is 6.08 Å². The van der Waals surface area contributed by atoms with Crippen LogP contribution in [0, 0.1) is 0 Å². The highest BCUT2D eigenvalue weighted by Crippen LogP contribution is 2.42. The number of hydrogen-bond acceptors (Lipinski definition) is 1. The summed E-state index contributed by atoms with van der Waals surface area (Å²) in [6, 6.07) is 70.1. The number of fused-ring (bicyclic) bond motifs is 7. The van der Waals surface area contributed by atoms with E-state index in [0.717, 1.165) is 34.9 Å². The highest BCUT2D eigenvalue weighted by Gasteiger charge is 2.21. The first-order valence-corrected chi connectivity index (χ1v) is 18.5. The predicted molar refractivity (Wildman–Crippen MR) is 230 cm³/mol. The van der Waals surface area contributed by atoms with Crippen molar-refractivity contribution in [3.05, 3.63) is 212 Å². The summed E-state index contributed by atoms with van der Waals surface area (Å²) in [5.41, 5.74) is 14.2. The van der Waals surface area contributed by atoms with Crippen LogP contribution in [0.15, 0.2) is 201 Å². The zero-order chi connectivity index (χ0) is 36.0. The van der Waals surface area contributed by atoms with Crippen molar-refractivity contribution in [1.82, 2.24) is 9.13 Å². The van der Waals surface area contributed by atoms with Crippen molar-refractivity contribution >= 4 is 66.7 Å². The molecule has 0 radical (unpaired) electrons. The summed E-state index contributed by atoms with van der Waals surface area (Å²) in [7, 11) is 0. The van der Waals surface area contributed by atoms with Gasteiger partial charge in [0.2, 0.25) is 0 Å². The molecular formula is C51H37N3. The molecule has 0 fully saturated rings. The van der Waals surface area contributed by atoms with E-state index in [-0.39, 0.29) is 0 Å². The third-order valence-corrected chi connectivity index (χ3v) is 10.7. The van der Waals surface area contributed by atoms with Crippen molar-refractivity contribution in [3.63, 3.8) is 0 Å². The molecule has 3 heteroatoms. The van der Waals surface area contributed by atoms with Crippen LogP contribution in [0.2, 0.25) is 0 Å². The van der Waals surface area contributed by atoms with E-state index in [1.165, 1.54) is 60.3 Å². The molecule has 0 aliphatic carbocycles. The molecule has 0 saturated heterocycles. The van der Waals surface area contributed by atoms with Crippen LogP contribution in [0.4, 0.5) is 17.1 Å². The first-order chi connectivity index (χ1) is 26.7. The maximum atomic E-state index is 3.97. The minimum absolute atomic E-state index is 0.754. The molecule has 0 N–H and O–H groups in total. The topological polar surface area (TPSA) is 13.1 Å². The maximum absolute atomic E-state index is 3.97. The Morgan fingerprint density at radius 1 is 0.463 bits per heavy atom. The van der Waals surface area contributed by atoms with Gasteiger partial charge in [0, 0.05) is 56.4 Å². The Bertz CT molecular complexity index is 2900.